The Labute approximate surface area is 134 Å². The number of rotatable bonds is 4. The van der Waals surface area contributed by atoms with Gasteiger partial charge in [0, 0.05) is 17.1 Å². The molecule has 1 aliphatic rings. The Balaban J connectivity index is 2.21. The molecule has 0 spiro atoms. The Hall–Kier alpha value is -0.910. The number of aliphatic hydroxyl groups is 1. The third kappa shape index (κ3) is 3.84. The van der Waals surface area contributed by atoms with Crippen molar-refractivity contribution in [3.63, 3.8) is 0 Å². The minimum Gasteiger partial charge on any atom is -0.395 e. The normalized spacial score (nSPS) is 17.0. The molecular formula is C16H23BrN2O2. The number of hydrogen-bond acceptors (Lipinski definition) is 3. The lowest BCUT2D eigenvalue weighted by molar-refractivity contribution is 0.0539. The van der Waals surface area contributed by atoms with E-state index in [0.717, 1.165) is 36.0 Å². The number of benzene rings is 1. The minimum absolute atomic E-state index is 0.00150. The van der Waals surface area contributed by atoms with E-state index in [1.165, 1.54) is 0 Å². The van der Waals surface area contributed by atoms with Gasteiger partial charge in [0.15, 0.2) is 0 Å². The second-order valence-electron chi connectivity index (χ2n) is 5.69. The number of hydrogen-bond donors (Lipinski definition) is 1. The molecule has 5 heteroatoms. The van der Waals surface area contributed by atoms with Gasteiger partial charge in [-0.25, -0.2) is 0 Å². The summed E-state index contributed by atoms with van der Waals surface area (Å²) in [5, 5.41) is 9.32. The Bertz CT molecular complexity index is 499. The number of likely N-dealkylation sites (tertiary alicyclic amines) is 1. The highest BCUT2D eigenvalue weighted by atomic mass is 79.9. The number of carbonyl (C=O) groups excluding carboxylic acids is 1. The van der Waals surface area contributed by atoms with E-state index < -0.39 is 0 Å². The fourth-order valence-electron chi connectivity index (χ4n) is 2.83. The molecule has 0 saturated carbocycles. The van der Waals surface area contributed by atoms with Crippen molar-refractivity contribution in [3.05, 3.63) is 33.8 Å². The van der Waals surface area contributed by atoms with Crippen molar-refractivity contribution in [2.45, 2.75) is 25.8 Å². The molecule has 0 unspecified atom stereocenters. The van der Waals surface area contributed by atoms with Crippen LogP contribution in [0.1, 0.15) is 28.8 Å². The lowest BCUT2D eigenvalue weighted by Gasteiger charge is -2.37. The molecule has 1 aliphatic heterocycles. The van der Waals surface area contributed by atoms with E-state index in [0.29, 0.717) is 12.1 Å². The SMILES string of the molecule is Cc1cccc(C(=O)N(CCO)C2CCN(C)CC2)c1Br. The fourth-order valence-corrected chi connectivity index (χ4v) is 3.27. The molecule has 1 fully saturated rings. The molecule has 1 aromatic rings. The summed E-state index contributed by atoms with van der Waals surface area (Å²) in [5.41, 5.74) is 1.73. The second-order valence-corrected chi connectivity index (χ2v) is 6.49. The molecule has 0 aliphatic carbocycles. The van der Waals surface area contributed by atoms with Crippen LogP contribution in [0.25, 0.3) is 0 Å². The van der Waals surface area contributed by atoms with Crippen LogP contribution in [0.5, 0.6) is 0 Å². The highest BCUT2D eigenvalue weighted by Crippen LogP contribution is 2.25. The maximum atomic E-state index is 12.9. The van der Waals surface area contributed by atoms with Gasteiger partial charge in [0.05, 0.1) is 12.2 Å². The van der Waals surface area contributed by atoms with Gasteiger partial charge in [-0.1, -0.05) is 12.1 Å². The Morgan fingerprint density at radius 1 is 1.43 bits per heavy atom. The van der Waals surface area contributed by atoms with E-state index >= 15 is 0 Å². The molecule has 0 radical (unpaired) electrons. The standard InChI is InChI=1S/C16H23BrN2O2/c1-12-4-3-5-14(15(12)17)16(21)19(10-11-20)13-6-8-18(2)9-7-13/h3-5,13,20H,6-11H2,1-2H3. The molecule has 0 atom stereocenters. The summed E-state index contributed by atoms with van der Waals surface area (Å²) in [6.07, 6.45) is 1.93. The quantitative estimate of drug-likeness (QED) is 0.901. The van der Waals surface area contributed by atoms with E-state index in [1.807, 2.05) is 30.0 Å². The summed E-state index contributed by atoms with van der Waals surface area (Å²) in [6.45, 7) is 4.37. The predicted molar refractivity (Wildman–Crippen MR) is 87.5 cm³/mol. The van der Waals surface area contributed by atoms with Gasteiger partial charge < -0.3 is 14.9 Å². The molecule has 0 bridgehead atoms. The molecule has 1 amide bonds. The Morgan fingerprint density at radius 3 is 2.71 bits per heavy atom. The van der Waals surface area contributed by atoms with Crippen LogP contribution in [0, 0.1) is 6.92 Å². The number of amides is 1. The van der Waals surface area contributed by atoms with Gasteiger partial charge in [0.1, 0.15) is 0 Å². The molecular weight excluding hydrogens is 332 g/mol. The van der Waals surface area contributed by atoms with Crippen LogP contribution in [0.3, 0.4) is 0 Å². The van der Waals surface area contributed by atoms with Crippen LogP contribution in [0.4, 0.5) is 0 Å². The lowest BCUT2D eigenvalue weighted by atomic mass is 10.0. The third-order valence-electron chi connectivity index (χ3n) is 4.15. The van der Waals surface area contributed by atoms with Crippen LogP contribution in [0.2, 0.25) is 0 Å². The van der Waals surface area contributed by atoms with Crippen LogP contribution in [-0.4, -0.2) is 60.1 Å². The lowest BCUT2D eigenvalue weighted by Crippen LogP contribution is -2.47. The molecule has 2 rings (SSSR count). The Morgan fingerprint density at radius 2 is 2.10 bits per heavy atom. The molecule has 0 aromatic heterocycles. The van der Waals surface area contributed by atoms with Gasteiger partial charge in [-0.2, -0.15) is 0 Å². The molecule has 116 valence electrons. The molecule has 1 saturated heterocycles. The first-order valence-electron chi connectivity index (χ1n) is 7.40. The zero-order valence-electron chi connectivity index (χ0n) is 12.7. The summed E-state index contributed by atoms with van der Waals surface area (Å²) in [5.74, 6) is 0.00850. The maximum absolute atomic E-state index is 12.9. The topological polar surface area (TPSA) is 43.8 Å². The zero-order valence-corrected chi connectivity index (χ0v) is 14.3. The summed E-state index contributed by atoms with van der Waals surface area (Å²) in [7, 11) is 2.10. The summed E-state index contributed by atoms with van der Waals surface area (Å²) in [4.78, 5) is 17.0. The van der Waals surface area contributed by atoms with E-state index in [-0.39, 0.29) is 18.6 Å². The molecule has 4 nitrogen and oxygen atoms in total. The minimum atomic E-state index is 0.00150. The third-order valence-corrected chi connectivity index (χ3v) is 5.21. The van der Waals surface area contributed by atoms with Crippen molar-refractivity contribution in [1.29, 1.82) is 0 Å². The summed E-state index contributed by atoms with van der Waals surface area (Å²) in [6, 6.07) is 5.94. The second kappa shape index (κ2) is 7.38. The first-order valence-corrected chi connectivity index (χ1v) is 8.19. The van der Waals surface area contributed by atoms with Crippen molar-refractivity contribution in [3.8, 4) is 0 Å². The number of piperidine rings is 1. The molecule has 21 heavy (non-hydrogen) atoms. The van der Waals surface area contributed by atoms with Crippen LogP contribution < -0.4 is 0 Å². The highest BCUT2D eigenvalue weighted by molar-refractivity contribution is 9.10. The predicted octanol–water partition coefficient (Wildman–Crippen LogP) is 2.29. The zero-order chi connectivity index (χ0) is 15.4. The number of nitrogens with zero attached hydrogens (tertiary/aromatic N) is 2. The largest absolute Gasteiger partial charge is 0.395 e. The van der Waals surface area contributed by atoms with Crippen LogP contribution in [0.15, 0.2) is 22.7 Å². The summed E-state index contributed by atoms with van der Waals surface area (Å²) >= 11 is 3.52. The number of halogens is 1. The van der Waals surface area contributed by atoms with Crippen LogP contribution >= 0.6 is 15.9 Å². The Kier molecular flexibility index (Phi) is 5.79. The van der Waals surface area contributed by atoms with Crippen molar-refractivity contribution in [1.82, 2.24) is 9.80 Å². The smallest absolute Gasteiger partial charge is 0.255 e. The molecule has 1 N–H and O–H groups in total. The van der Waals surface area contributed by atoms with E-state index in [2.05, 4.69) is 27.9 Å². The average molecular weight is 355 g/mol. The van der Waals surface area contributed by atoms with E-state index in [1.54, 1.807) is 0 Å². The van der Waals surface area contributed by atoms with Crippen molar-refractivity contribution in [2.24, 2.45) is 0 Å². The van der Waals surface area contributed by atoms with E-state index in [4.69, 9.17) is 0 Å². The molecule has 1 aromatic carbocycles. The highest BCUT2D eigenvalue weighted by Gasteiger charge is 2.28. The van der Waals surface area contributed by atoms with Crippen molar-refractivity contribution < 1.29 is 9.90 Å². The van der Waals surface area contributed by atoms with Gasteiger partial charge in [0.2, 0.25) is 0 Å². The van der Waals surface area contributed by atoms with Crippen molar-refractivity contribution in [2.75, 3.05) is 33.3 Å². The first-order chi connectivity index (χ1) is 10.0. The van der Waals surface area contributed by atoms with Gasteiger partial charge in [0.25, 0.3) is 5.91 Å². The summed E-state index contributed by atoms with van der Waals surface area (Å²) < 4.78 is 0.853. The average Bonchev–Trinajstić information content (AvgIpc) is 2.48. The molecule has 1 heterocycles. The number of aliphatic hydroxyl groups excluding tert-OH is 1. The maximum Gasteiger partial charge on any atom is 0.255 e. The number of carbonyl (C=O) groups is 1. The van der Waals surface area contributed by atoms with Crippen molar-refractivity contribution >= 4 is 21.8 Å². The fraction of sp³-hybridized carbons (Fsp3) is 0.562. The van der Waals surface area contributed by atoms with Gasteiger partial charge in [-0.15, -0.1) is 0 Å². The van der Waals surface area contributed by atoms with E-state index in [9.17, 15) is 9.90 Å². The first kappa shape index (κ1) is 16.5. The monoisotopic (exact) mass is 354 g/mol. The van der Waals surface area contributed by atoms with Crippen LogP contribution in [-0.2, 0) is 0 Å². The van der Waals surface area contributed by atoms with Gasteiger partial charge in [-0.3, -0.25) is 4.79 Å². The number of aryl methyl sites for hydroxylation is 1. The van der Waals surface area contributed by atoms with Gasteiger partial charge in [-0.05, 0) is 67.5 Å². The van der Waals surface area contributed by atoms with Gasteiger partial charge >= 0.3 is 0 Å².